The maximum atomic E-state index is 5.72. The summed E-state index contributed by atoms with van der Waals surface area (Å²) in [6.45, 7) is 9.46. The van der Waals surface area contributed by atoms with Gasteiger partial charge in [-0.15, -0.1) is 0 Å². The fourth-order valence-electron chi connectivity index (χ4n) is 1.50. The fraction of sp³-hybridized carbons (Fsp3) is 0.538. The number of benzene rings is 1. The number of aryl methyl sites for hydroxylation is 1. The summed E-state index contributed by atoms with van der Waals surface area (Å²) in [5.41, 5.74) is 2.70. The lowest BCUT2D eigenvalue weighted by atomic mass is 9.85. The topological polar surface area (TPSA) is 9.23 Å². The second kappa shape index (κ2) is 5.02. The first-order chi connectivity index (χ1) is 6.95. The Hall–Kier alpha value is -0.500. The summed E-state index contributed by atoms with van der Waals surface area (Å²) in [7, 11) is 0. The van der Waals surface area contributed by atoms with Crippen molar-refractivity contribution in [3.05, 3.63) is 29.3 Å². The first-order valence-corrected chi connectivity index (χ1v) is 6.37. The number of alkyl halides is 1. The van der Waals surface area contributed by atoms with E-state index in [2.05, 4.69) is 61.8 Å². The van der Waals surface area contributed by atoms with Gasteiger partial charge in [0.05, 0.1) is 6.61 Å². The molecule has 1 nitrogen and oxygen atoms in total. The zero-order valence-corrected chi connectivity index (χ0v) is 11.5. The predicted molar refractivity (Wildman–Crippen MR) is 69.2 cm³/mol. The van der Waals surface area contributed by atoms with Crippen molar-refractivity contribution in [1.82, 2.24) is 0 Å². The standard InChI is InChI=1S/C13H19BrO/c1-10-5-6-12(15-8-7-14)11(9-10)13(2,3)4/h5-6,9H,7-8H2,1-4H3. The first-order valence-electron chi connectivity index (χ1n) is 5.25. The molecule has 0 aliphatic carbocycles. The van der Waals surface area contributed by atoms with Gasteiger partial charge >= 0.3 is 0 Å². The largest absolute Gasteiger partial charge is 0.492 e. The van der Waals surface area contributed by atoms with Gasteiger partial charge < -0.3 is 4.74 Å². The van der Waals surface area contributed by atoms with E-state index in [4.69, 9.17) is 4.74 Å². The highest BCUT2D eigenvalue weighted by molar-refractivity contribution is 9.09. The van der Waals surface area contributed by atoms with E-state index in [0.717, 1.165) is 11.1 Å². The van der Waals surface area contributed by atoms with Crippen molar-refractivity contribution in [1.29, 1.82) is 0 Å². The summed E-state index contributed by atoms with van der Waals surface area (Å²) in [6.07, 6.45) is 0. The van der Waals surface area contributed by atoms with Crippen LogP contribution in [0.1, 0.15) is 31.9 Å². The Kier molecular flexibility index (Phi) is 4.21. The third-order valence-electron chi connectivity index (χ3n) is 2.28. The highest BCUT2D eigenvalue weighted by atomic mass is 79.9. The van der Waals surface area contributed by atoms with E-state index in [1.807, 2.05) is 0 Å². The van der Waals surface area contributed by atoms with Crippen LogP contribution in [-0.4, -0.2) is 11.9 Å². The van der Waals surface area contributed by atoms with Crippen LogP contribution in [0.25, 0.3) is 0 Å². The number of rotatable bonds is 3. The van der Waals surface area contributed by atoms with Crippen molar-refractivity contribution >= 4 is 15.9 Å². The molecule has 0 saturated carbocycles. The molecule has 0 atom stereocenters. The molecule has 0 N–H and O–H groups in total. The second-order valence-electron chi connectivity index (χ2n) is 4.79. The van der Waals surface area contributed by atoms with Crippen LogP contribution in [0.15, 0.2) is 18.2 Å². The Balaban J connectivity index is 3.04. The molecule has 0 aromatic heterocycles. The second-order valence-corrected chi connectivity index (χ2v) is 5.58. The van der Waals surface area contributed by atoms with E-state index < -0.39 is 0 Å². The SMILES string of the molecule is Cc1ccc(OCCBr)c(C(C)(C)C)c1. The molecule has 0 aliphatic rings. The van der Waals surface area contributed by atoms with E-state index in [9.17, 15) is 0 Å². The molecular formula is C13H19BrO. The van der Waals surface area contributed by atoms with Gasteiger partial charge in [-0.2, -0.15) is 0 Å². The van der Waals surface area contributed by atoms with Gasteiger partial charge in [-0.1, -0.05) is 54.4 Å². The number of halogens is 1. The Morgan fingerprint density at radius 3 is 2.47 bits per heavy atom. The van der Waals surface area contributed by atoms with Crippen molar-refractivity contribution in [2.24, 2.45) is 0 Å². The minimum Gasteiger partial charge on any atom is -0.492 e. The number of hydrogen-bond donors (Lipinski definition) is 0. The fourth-order valence-corrected chi connectivity index (χ4v) is 1.67. The molecule has 0 fully saturated rings. The Morgan fingerprint density at radius 1 is 1.27 bits per heavy atom. The first kappa shape index (κ1) is 12.6. The Bertz CT molecular complexity index is 326. The molecular weight excluding hydrogens is 252 g/mol. The van der Waals surface area contributed by atoms with E-state index in [0.29, 0.717) is 6.61 Å². The summed E-state index contributed by atoms with van der Waals surface area (Å²) in [5, 5.41) is 0.866. The van der Waals surface area contributed by atoms with Crippen LogP contribution in [0.4, 0.5) is 0 Å². The van der Waals surface area contributed by atoms with Gasteiger partial charge in [-0.25, -0.2) is 0 Å². The summed E-state index contributed by atoms with van der Waals surface area (Å²) in [6, 6.07) is 6.38. The minimum atomic E-state index is 0.133. The Labute approximate surface area is 101 Å². The Morgan fingerprint density at radius 2 is 1.93 bits per heavy atom. The van der Waals surface area contributed by atoms with Gasteiger partial charge in [0.2, 0.25) is 0 Å². The maximum Gasteiger partial charge on any atom is 0.123 e. The molecule has 1 aromatic rings. The van der Waals surface area contributed by atoms with Gasteiger partial charge in [0.25, 0.3) is 0 Å². The van der Waals surface area contributed by atoms with Gasteiger partial charge in [0.1, 0.15) is 5.75 Å². The molecule has 1 aromatic carbocycles. The lowest BCUT2D eigenvalue weighted by Crippen LogP contribution is -2.14. The van der Waals surface area contributed by atoms with Gasteiger partial charge in [-0.05, 0) is 24.0 Å². The summed E-state index contributed by atoms with van der Waals surface area (Å²) < 4.78 is 5.72. The van der Waals surface area contributed by atoms with E-state index in [1.54, 1.807) is 0 Å². The van der Waals surface area contributed by atoms with Crippen molar-refractivity contribution in [2.45, 2.75) is 33.1 Å². The molecule has 0 saturated heterocycles. The molecule has 0 bridgehead atoms. The molecule has 0 aliphatic heterocycles. The van der Waals surface area contributed by atoms with Gasteiger partial charge in [-0.3, -0.25) is 0 Å². The normalized spacial score (nSPS) is 11.5. The van der Waals surface area contributed by atoms with E-state index >= 15 is 0 Å². The lowest BCUT2D eigenvalue weighted by Gasteiger charge is -2.23. The number of hydrogen-bond acceptors (Lipinski definition) is 1. The summed E-state index contributed by atoms with van der Waals surface area (Å²) >= 11 is 3.37. The highest BCUT2D eigenvalue weighted by Crippen LogP contribution is 2.32. The molecule has 1 rings (SSSR count). The molecule has 0 spiro atoms. The van der Waals surface area contributed by atoms with E-state index in [-0.39, 0.29) is 5.41 Å². The van der Waals surface area contributed by atoms with Crippen LogP contribution < -0.4 is 4.74 Å². The molecule has 84 valence electrons. The third-order valence-corrected chi connectivity index (χ3v) is 2.60. The summed E-state index contributed by atoms with van der Waals surface area (Å²) in [4.78, 5) is 0. The number of ether oxygens (including phenoxy) is 1. The van der Waals surface area contributed by atoms with Gasteiger partial charge in [0, 0.05) is 5.33 Å². The maximum absolute atomic E-state index is 5.72. The zero-order chi connectivity index (χ0) is 11.5. The van der Waals surface area contributed by atoms with Crippen molar-refractivity contribution in [3.8, 4) is 5.75 Å². The molecule has 0 heterocycles. The van der Waals surface area contributed by atoms with Crippen molar-refractivity contribution in [2.75, 3.05) is 11.9 Å². The predicted octanol–water partition coefficient (Wildman–Crippen LogP) is 4.07. The quantitative estimate of drug-likeness (QED) is 0.753. The van der Waals surface area contributed by atoms with Crippen LogP contribution >= 0.6 is 15.9 Å². The average Bonchev–Trinajstić information content (AvgIpc) is 2.14. The average molecular weight is 271 g/mol. The zero-order valence-electron chi connectivity index (χ0n) is 9.93. The van der Waals surface area contributed by atoms with Crippen LogP contribution in [0.5, 0.6) is 5.75 Å². The molecule has 2 heteroatoms. The van der Waals surface area contributed by atoms with Crippen LogP contribution in [0.2, 0.25) is 0 Å². The van der Waals surface area contributed by atoms with Crippen molar-refractivity contribution < 1.29 is 4.74 Å². The van der Waals surface area contributed by atoms with Gasteiger partial charge in [0.15, 0.2) is 0 Å². The lowest BCUT2D eigenvalue weighted by molar-refractivity contribution is 0.334. The summed E-state index contributed by atoms with van der Waals surface area (Å²) in [5.74, 6) is 1.01. The smallest absolute Gasteiger partial charge is 0.123 e. The minimum absolute atomic E-state index is 0.133. The van der Waals surface area contributed by atoms with Crippen LogP contribution in [-0.2, 0) is 5.41 Å². The third kappa shape index (κ3) is 3.53. The molecule has 0 radical (unpaired) electrons. The van der Waals surface area contributed by atoms with Crippen LogP contribution in [0.3, 0.4) is 0 Å². The molecule has 0 amide bonds. The van der Waals surface area contributed by atoms with Crippen molar-refractivity contribution in [3.63, 3.8) is 0 Å². The molecule has 15 heavy (non-hydrogen) atoms. The highest BCUT2D eigenvalue weighted by Gasteiger charge is 2.18. The van der Waals surface area contributed by atoms with Crippen LogP contribution in [0, 0.1) is 6.92 Å². The monoisotopic (exact) mass is 270 g/mol. The molecule has 0 unspecified atom stereocenters. The van der Waals surface area contributed by atoms with E-state index in [1.165, 1.54) is 11.1 Å².